The van der Waals surface area contributed by atoms with Crippen LogP contribution >= 0.6 is 23.4 Å². The Bertz CT molecular complexity index is 370. The zero-order valence-corrected chi connectivity index (χ0v) is 11.6. The van der Waals surface area contributed by atoms with E-state index in [0.29, 0.717) is 11.3 Å². The van der Waals surface area contributed by atoms with Crippen molar-refractivity contribution in [3.63, 3.8) is 0 Å². The summed E-state index contributed by atoms with van der Waals surface area (Å²) in [6.45, 7) is 3.04. The lowest BCUT2D eigenvalue weighted by Gasteiger charge is -2.11. The molecule has 0 radical (unpaired) electrons. The largest absolute Gasteiger partial charge is 0.377 e. The quantitative estimate of drug-likeness (QED) is 0.608. The molecular formula is C12H17ClN2OS. The SMILES string of the molecule is CCCc1c(Cl)ncnc1SCC1CCCO1. The first-order chi connectivity index (χ1) is 8.31. The molecule has 1 atom stereocenters. The van der Waals surface area contributed by atoms with Crippen LogP contribution in [-0.2, 0) is 11.2 Å². The molecule has 0 N–H and O–H groups in total. The normalized spacial score (nSPS) is 19.8. The summed E-state index contributed by atoms with van der Waals surface area (Å²) in [5, 5.41) is 1.61. The second-order valence-electron chi connectivity index (χ2n) is 4.14. The summed E-state index contributed by atoms with van der Waals surface area (Å²) in [4.78, 5) is 8.38. The number of rotatable bonds is 5. The third-order valence-electron chi connectivity index (χ3n) is 2.78. The maximum absolute atomic E-state index is 6.11. The van der Waals surface area contributed by atoms with E-state index in [1.54, 1.807) is 18.1 Å². The highest BCUT2D eigenvalue weighted by Gasteiger charge is 2.17. The highest BCUT2D eigenvalue weighted by Crippen LogP contribution is 2.28. The summed E-state index contributed by atoms with van der Waals surface area (Å²) in [6.07, 6.45) is 6.25. The maximum atomic E-state index is 6.11. The Morgan fingerprint density at radius 2 is 2.41 bits per heavy atom. The van der Waals surface area contributed by atoms with Crippen molar-refractivity contribution in [2.24, 2.45) is 0 Å². The van der Waals surface area contributed by atoms with E-state index in [1.807, 2.05) is 0 Å². The fourth-order valence-electron chi connectivity index (χ4n) is 1.91. The topological polar surface area (TPSA) is 35.0 Å². The Morgan fingerprint density at radius 1 is 1.53 bits per heavy atom. The summed E-state index contributed by atoms with van der Waals surface area (Å²) in [6, 6.07) is 0. The molecule has 2 rings (SSSR count). The number of thioether (sulfide) groups is 1. The fraction of sp³-hybridized carbons (Fsp3) is 0.667. The van der Waals surface area contributed by atoms with Crippen LogP contribution in [-0.4, -0.2) is 28.4 Å². The van der Waals surface area contributed by atoms with Crippen molar-refractivity contribution in [3.05, 3.63) is 17.0 Å². The van der Waals surface area contributed by atoms with Crippen LogP contribution in [0.25, 0.3) is 0 Å². The van der Waals surface area contributed by atoms with Gasteiger partial charge in [-0.2, -0.15) is 0 Å². The van der Waals surface area contributed by atoms with Gasteiger partial charge in [0.05, 0.1) is 6.10 Å². The van der Waals surface area contributed by atoms with Gasteiger partial charge < -0.3 is 4.74 Å². The molecule has 3 nitrogen and oxygen atoms in total. The zero-order valence-electron chi connectivity index (χ0n) is 9.99. The van der Waals surface area contributed by atoms with Gasteiger partial charge in [0, 0.05) is 17.9 Å². The van der Waals surface area contributed by atoms with Crippen LogP contribution in [0.3, 0.4) is 0 Å². The van der Waals surface area contributed by atoms with E-state index in [9.17, 15) is 0 Å². The van der Waals surface area contributed by atoms with Crippen LogP contribution in [0.15, 0.2) is 11.4 Å². The van der Waals surface area contributed by atoms with E-state index < -0.39 is 0 Å². The highest BCUT2D eigenvalue weighted by atomic mass is 35.5. The number of halogens is 1. The molecule has 1 saturated heterocycles. The third kappa shape index (κ3) is 3.57. The summed E-state index contributed by atoms with van der Waals surface area (Å²) in [7, 11) is 0. The van der Waals surface area contributed by atoms with Crippen LogP contribution in [0.2, 0.25) is 5.15 Å². The first-order valence-corrected chi connectivity index (χ1v) is 7.41. The molecule has 1 aromatic rings. The Kier molecular flexibility index (Phi) is 5.07. The lowest BCUT2D eigenvalue weighted by atomic mass is 10.2. The van der Waals surface area contributed by atoms with Crippen molar-refractivity contribution in [1.29, 1.82) is 0 Å². The minimum Gasteiger partial charge on any atom is -0.377 e. The summed E-state index contributed by atoms with van der Waals surface area (Å²) >= 11 is 7.85. The van der Waals surface area contributed by atoms with Crippen LogP contribution in [0, 0.1) is 0 Å². The molecule has 1 aromatic heterocycles. The van der Waals surface area contributed by atoms with Crippen molar-refractivity contribution in [1.82, 2.24) is 9.97 Å². The average molecular weight is 273 g/mol. The Balaban J connectivity index is 2.00. The van der Waals surface area contributed by atoms with Gasteiger partial charge in [-0.15, -0.1) is 11.8 Å². The minimum atomic E-state index is 0.378. The van der Waals surface area contributed by atoms with Gasteiger partial charge in [-0.05, 0) is 19.3 Å². The van der Waals surface area contributed by atoms with Crippen molar-refractivity contribution in [2.75, 3.05) is 12.4 Å². The standard InChI is InChI=1S/C12H17ClN2OS/c1-2-4-10-11(13)14-8-15-12(10)17-7-9-5-3-6-16-9/h8-9H,2-7H2,1H3. The molecule has 0 spiro atoms. The smallest absolute Gasteiger partial charge is 0.136 e. The molecule has 1 fully saturated rings. The zero-order chi connectivity index (χ0) is 12.1. The first-order valence-electron chi connectivity index (χ1n) is 6.05. The number of hydrogen-bond acceptors (Lipinski definition) is 4. The van der Waals surface area contributed by atoms with Crippen molar-refractivity contribution in [3.8, 4) is 0 Å². The van der Waals surface area contributed by atoms with Crippen LogP contribution in [0.5, 0.6) is 0 Å². The molecule has 1 aliphatic rings. The van der Waals surface area contributed by atoms with E-state index in [1.165, 1.54) is 6.42 Å². The molecule has 1 aliphatic heterocycles. The van der Waals surface area contributed by atoms with Crippen LogP contribution < -0.4 is 0 Å². The Labute approximate surface area is 111 Å². The molecular weight excluding hydrogens is 256 g/mol. The molecule has 2 heterocycles. The molecule has 94 valence electrons. The summed E-state index contributed by atoms with van der Waals surface area (Å²) in [5.74, 6) is 0.962. The van der Waals surface area contributed by atoms with Gasteiger partial charge >= 0.3 is 0 Å². The van der Waals surface area contributed by atoms with Gasteiger partial charge in [0.1, 0.15) is 16.5 Å². The van der Waals surface area contributed by atoms with E-state index in [-0.39, 0.29) is 0 Å². The summed E-state index contributed by atoms with van der Waals surface area (Å²) in [5.41, 5.74) is 1.08. The molecule has 0 aliphatic carbocycles. The second-order valence-corrected chi connectivity index (χ2v) is 5.51. The van der Waals surface area contributed by atoms with Crippen LogP contribution in [0.4, 0.5) is 0 Å². The number of ether oxygens (including phenoxy) is 1. The lowest BCUT2D eigenvalue weighted by molar-refractivity contribution is 0.129. The number of aromatic nitrogens is 2. The maximum Gasteiger partial charge on any atom is 0.136 e. The minimum absolute atomic E-state index is 0.378. The van der Waals surface area contributed by atoms with Gasteiger partial charge in [-0.1, -0.05) is 24.9 Å². The van der Waals surface area contributed by atoms with Gasteiger partial charge in [-0.3, -0.25) is 0 Å². The molecule has 0 aromatic carbocycles. The Morgan fingerprint density at radius 3 is 3.12 bits per heavy atom. The van der Waals surface area contributed by atoms with E-state index in [2.05, 4.69) is 16.9 Å². The molecule has 0 amide bonds. The number of nitrogens with zero attached hydrogens (tertiary/aromatic N) is 2. The predicted octanol–water partition coefficient (Wildman–Crippen LogP) is 3.35. The van der Waals surface area contributed by atoms with Crippen molar-refractivity contribution < 1.29 is 4.74 Å². The third-order valence-corrected chi connectivity index (χ3v) is 4.27. The highest BCUT2D eigenvalue weighted by molar-refractivity contribution is 7.99. The van der Waals surface area contributed by atoms with Crippen LogP contribution in [0.1, 0.15) is 31.7 Å². The average Bonchev–Trinajstić information content (AvgIpc) is 2.83. The van der Waals surface area contributed by atoms with Crippen molar-refractivity contribution >= 4 is 23.4 Å². The van der Waals surface area contributed by atoms with Gasteiger partial charge in [0.25, 0.3) is 0 Å². The molecule has 0 bridgehead atoms. The number of hydrogen-bond donors (Lipinski definition) is 0. The Hall–Kier alpha value is -0.320. The molecule has 17 heavy (non-hydrogen) atoms. The van der Waals surface area contributed by atoms with E-state index in [4.69, 9.17) is 16.3 Å². The van der Waals surface area contributed by atoms with Gasteiger partial charge in [0.2, 0.25) is 0 Å². The molecule has 1 unspecified atom stereocenters. The molecule has 0 saturated carbocycles. The van der Waals surface area contributed by atoms with E-state index >= 15 is 0 Å². The van der Waals surface area contributed by atoms with Gasteiger partial charge in [-0.25, -0.2) is 9.97 Å². The monoisotopic (exact) mass is 272 g/mol. The van der Waals surface area contributed by atoms with Crippen molar-refractivity contribution in [2.45, 2.75) is 43.7 Å². The fourth-order valence-corrected chi connectivity index (χ4v) is 3.29. The van der Waals surface area contributed by atoms with Gasteiger partial charge in [0.15, 0.2) is 0 Å². The predicted molar refractivity (Wildman–Crippen MR) is 70.7 cm³/mol. The molecule has 5 heteroatoms. The van der Waals surface area contributed by atoms with E-state index in [0.717, 1.165) is 42.2 Å². The second kappa shape index (κ2) is 6.57. The summed E-state index contributed by atoms with van der Waals surface area (Å²) < 4.78 is 5.61. The first kappa shape index (κ1) is 13.1. The lowest BCUT2D eigenvalue weighted by Crippen LogP contribution is -2.08.